The van der Waals surface area contributed by atoms with Gasteiger partial charge in [-0.1, -0.05) is 6.07 Å². The van der Waals surface area contributed by atoms with Crippen LogP contribution in [-0.2, 0) is 31.4 Å². The quantitative estimate of drug-likeness (QED) is 0.252. The average molecular weight is 695 g/mol. The topological polar surface area (TPSA) is 48.0 Å². The van der Waals surface area contributed by atoms with Crippen molar-refractivity contribution in [3.05, 3.63) is 79.6 Å². The number of alkyl halides is 6. The van der Waals surface area contributed by atoms with Gasteiger partial charge in [-0.3, -0.25) is 4.79 Å². The molecule has 0 N–H and O–H groups in total. The fraction of sp³-hybridized carbons (Fsp3) is 0.483. The zero-order valence-electron chi connectivity index (χ0n) is 22.2. The SMILES string of the molecule is Cc1ccc(I)cc1[C@@H]1[C@@H](O[C@H](C)c2cc(C(F)(F)F)cc(C(F)(F)F)c2)OC[C@@H]2CN(C3=CC(=O)COC3)C[C@H]21. The van der Waals surface area contributed by atoms with Gasteiger partial charge >= 0.3 is 12.4 Å². The number of hydrogen-bond acceptors (Lipinski definition) is 5. The first-order chi connectivity index (χ1) is 19.2. The predicted octanol–water partition coefficient (Wildman–Crippen LogP) is 6.89. The third kappa shape index (κ3) is 6.60. The van der Waals surface area contributed by atoms with Gasteiger partial charge in [0.2, 0.25) is 0 Å². The second kappa shape index (κ2) is 11.5. The number of fused-ring (bicyclic) bond motifs is 1. The molecule has 0 aliphatic carbocycles. The Morgan fingerprint density at radius 3 is 2.32 bits per heavy atom. The Balaban J connectivity index is 1.48. The van der Waals surface area contributed by atoms with Gasteiger partial charge in [-0.2, -0.15) is 26.3 Å². The number of rotatable bonds is 5. The van der Waals surface area contributed by atoms with Gasteiger partial charge in [0, 0.05) is 40.3 Å². The minimum Gasteiger partial charge on any atom is -0.372 e. The van der Waals surface area contributed by atoms with Crippen LogP contribution in [0.2, 0.25) is 0 Å². The Bertz CT molecular complexity index is 1310. The summed E-state index contributed by atoms with van der Waals surface area (Å²) in [7, 11) is 0. The lowest BCUT2D eigenvalue weighted by atomic mass is 9.76. The lowest BCUT2D eigenvalue weighted by Crippen LogP contribution is -2.42. The van der Waals surface area contributed by atoms with Gasteiger partial charge in [-0.15, -0.1) is 0 Å². The van der Waals surface area contributed by atoms with Crippen LogP contribution in [0.15, 0.2) is 48.2 Å². The summed E-state index contributed by atoms with van der Waals surface area (Å²) in [5.41, 5.74) is -0.341. The highest BCUT2D eigenvalue weighted by atomic mass is 127. The maximum absolute atomic E-state index is 13.5. The molecule has 222 valence electrons. The van der Waals surface area contributed by atoms with E-state index in [1.165, 1.54) is 6.92 Å². The monoisotopic (exact) mass is 695 g/mol. The van der Waals surface area contributed by atoms with Crippen molar-refractivity contribution in [3.8, 4) is 0 Å². The molecule has 3 heterocycles. The van der Waals surface area contributed by atoms with Crippen molar-refractivity contribution >= 4 is 28.4 Å². The molecule has 3 aliphatic heterocycles. The van der Waals surface area contributed by atoms with Gasteiger partial charge in [-0.05, 0) is 89.4 Å². The molecule has 12 heteroatoms. The highest BCUT2D eigenvalue weighted by Crippen LogP contribution is 2.47. The van der Waals surface area contributed by atoms with Crippen LogP contribution in [0, 0.1) is 22.3 Å². The van der Waals surface area contributed by atoms with E-state index in [9.17, 15) is 31.1 Å². The fourth-order valence-corrected chi connectivity index (χ4v) is 6.43. The molecule has 0 radical (unpaired) electrons. The van der Waals surface area contributed by atoms with Crippen LogP contribution >= 0.6 is 22.6 Å². The number of benzene rings is 2. The Hall–Kier alpha value is -2.16. The number of ketones is 1. The maximum atomic E-state index is 13.5. The summed E-state index contributed by atoms with van der Waals surface area (Å²) in [5, 5.41) is 0. The molecule has 5 rings (SSSR count). The van der Waals surface area contributed by atoms with Crippen LogP contribution in [-0.4, -0.2) is 49.9 Å². The normalized spacial score (nSPS) is 26.1. The molecule has 0 unspecified atom stereocenters. The zero-order chi connectivity index (χ0) is 29.7. The molecule has 0 aromatic heterocycles. The lowest BCUT2D eigenvalue weighted by Gasteiger charge is -2.41. The fourth-order valence-electron chi connectivity index (χ4n) is 5.91. The van der Waals surface area contributed by atoms with E-state index in [2.05, 4.69) is 27.5 Å². The van der Waals surface area contributed by atoms with E-state index in [0.717, 1.165) is 20.4 Å². The van der Waals surface area contributed by atoms with E-state index in [1.807, 2.05) is 25.1 Å². The first-order valence-electron chi connectivity index (χ1n) is 13.1. The van der Waals surface area contributed by atoms with E-state index in [0.29, 0.717) is 31.8 Å². The van der Waals surface area contributed by atoms with Gasteiger partial charge in [0.15, 0.2) is 12.1 Å². The predicted molar refractivity (Wildman–Crippen MR) is 145 cm³/mol. The highest BCUT2D eigenvalue weighted by Gasteiger charge is 2.48. The van der Waals surface area contributed by atoms with Crippen LogP contribution in [0.4, 0.5) is 26.3 Å². The van der Waals surface area contributed by atoms with Crippen molar-refractivity contribution in [2.75, 3.05) is 32.9 Å². The Labute approximate surface area is 247 Å². The molecule has 41 heavy (non-hydrogen) atoms. The summed E-state index contributed by atoms with van der Waals surface area (Å²) in [6, 6.07) is 7.43. The number of nitrogens with zero attached hydrogens (tertiary/aromatic N) is 1. The molecule has 3 aliphatic rings. The molecule has 5 nitrogen and oxygen atoms in total. The molecular formula is C29H28F6INO4. The molecule has 2 saturated heterocycles. The first-order valence-corrected chi connectivity index (χ1v) is 14.2. The first kappa shape index (κ1) is 30.3. The lowest BCUT2D eigenvalue weighted by molar-refractivity contribution is -0.217. The third-order valence-corrected chi connectivity index (χ3v) is 8.64. The maximum Gasteiger partial charge on any atom is 0.416 e. The molecule has 0 spiro atoms. The molecule has 0 saturated carbocycles. The second-order valence-electron chi connectivity index (χ2n) is 10.8. The molecule has 5 atom stereocenters. The zero-order valence-corrected chi connectivity index (χ0v) is 24.3. The Morgan fingerprint density at radius 1 is 1.00 bits per heavy atom. The van der Waals surface area contributed by atoms with Crippen molar-refractivity contribution in [2.24, 2.45) is 11.8 Å². The number of ether oxygens (including phenoxy) is 3. The van der Waals surface area contributed by atoms with Crippen molar-refractivity contribution in [2.45, 2.75) is 44.5 Å². The van der Waals surface area contributed by atoms with Crippen LogP contribution in [0.1, 0.15) is 46.8 Å². The molecular weight excluding hydrogens is 667 g/mol. The van der Waals surface area contributed by atoms with Crippen LogP contribution in [0.3, 0.4) is 0 Å². The van der Waals surface area contributed by atoms with E-state index in [4.69, 9.17) is 14.2 Å². The number of likely N-dealkylation sites (tertiary alicyclic amines) is 1. The van der Waals surface area contributed by atoms with E-state index in [-0.39, 0.29) is 48.4 Å². The van der Waals surface area contributed by atoms with Crippen molar-refractivity contribution in [3.63, 3.8) is 0 Å². The summed E-state index contributed by atoms with van der Waals surface area (Å²) in [4.78, 5) is 14.1. The Morgan fingerprint density at radius 2 is 1.68 bits per heavy atom. The molecule has 2 aromatic carbocycles. The number of carbonyl (C=O) groups excluding carboxylic acids is 1. The van der Waals surface area contributed by atoms with E-state index in [1.54, 1.807) is 6.08 Å². The van der Waals surface area contributed by atoms with Gasteiger partial charge in [0.1, 0.15) is 6.61 Å². The van der Waals surface area contributed by atoms with Crippen molar-refractivity contribution in [1.29, 1.82) is 0 Å². The Kier molecular flexibility index (Phi) is 8.50. The second-order valence-corrected chi connectivity index (χ2v) is 12.0. The minimum absolute atomic E-state index is 0.0111. The molecule has 0 bridgehead atoms. The number of halogens is 7. The molecule has 2 aromatic rings. The van der Waals surface area contributed by atoms with Gasteiger partial charge < -0.3 is 19.1 Å². The average Bonchev–Trinajstić information content (AvgIpc) is 3.33. The summed E-state index contributed by atoms with van der Waals surface area (Å²) >= 11 is 2.20. The highest BCUT2D eigenvalue weighted by molar-refractivity contribution is 14.1. The van der Waals surface area contributed by atoms with E-state index < -0.39 is 35.9 Å². The number of hydrogen-bond donors (Lipinski definition) is 0. The van der Waals surface area contributed by atoms with Crippen molar-refractivity contribution < 1.29 is 45.3 Å². The summed E-state index contributed by atoms with van der Waals surface area (Å²) < 4.78 is 99.9. The largest absolute Gasteiger partial charge is 0.416 e. The van der Waals surface area contributed by atoms with Gasteiger partial charge in [0.25, 0.3) is 0 Å². The molecule has 0 amide bonds. The van der Waals surface area contributed by atoms with Crippen molar-refractivity contribution in [1.82, 2.24) is 4.90 Å². The van der Waals surface area contributed by atoms with Crippen LogP contribution < -0.4 is 0 Å². The summed E-state index contributed by atoms with van der Waals surface area (Å²) in [6.07, 6.45) is -10.4. The standard InChI is InChI=1S/C29H28F6INO4/c1-15-3-4-21(36)8-24(15)26-25-11-37(22-9-23(38)14-39-13-22)10-18(25)12-40-27(26)41-16(2)17-5-19(28(30,31)32)7-20(6-17)29(33,34)35/h3-9,16,18,25-27H,10-14H2,1-2H3/t16-,18+,25-,26+,27-/m1/s1. The van der Waals surface area contributed by atoms with Crippen LogP contribution in [0.5, 0.6) is 0 Å². The molecule has 2 fully saturated rings. The summed E-state index contributed by atoms with van der Waals surface area (Å²) in [6.45, 7) is 5.21. The van der Waals surface area contributed by atoms with E-state index >= 15 is 0 Å². The van der Waals surface area contributed by atoms with Gasteiger partial charge in [0.05, 0.1) is 30.4 Å². The minimum atomic E-state index is -4.96. The van der Waals surface area contributed by atoms with Gasteiger partial charge in [-0.25, -0.2) is 0 Å². The number of carbonyl (C=O) groups is 1. The smallest absolute Gasteiger partial charge is 0.372 e. The third-order valence-electron chi connectivity index (χ3n) is 7.97. The van der Waals surface area contributed by atoms with Crippen LogP contribution in [0.25, 0.3) is 0 Å². The summed E-state index contributed by atoms with van der Waals surface area (Å²) in [5.74, 6) is -0.417. The number of aryl methyl sites for hydroxylation is 1.